The van der Waals surface area contributed by atoms with E-state index >= 15 is 0 Å². The summed E-state index contributed by atoms with van der Waals surface area (Å²) < 4.78 is 10.2. The summed E-state index contributed by atoms with van der Waals surface area (Å²) in [5.74, 6) is 1.20. The molecule has 0 saturated heterocycles. The van der Waals surface area contributed by atoms with Crippen LogP contribution < -0.4 is 10.5 Å². The fourth-order valence-electron chi connectivity index (χ4n) is 1.69. The van der Waals surface area contributed by atoms with E-state index in [1.165, 1.54) is 0 Å². The van der Waals surface area contributed by atoms with Gasteiger partial charge in [-0.2, -0.15) is 0 Å². The maximum absolute atomic E-state index is 10.9. The average Bonchev–Trinajstić information content (AvgIpc) is 2.87. The first-order chi connectivity index (χ1) is 9.31. The minimum atomic E-state index is -0.579. The summed E-state index contributed by atoms with van der Waals surface area (Å²) in [5.41, 5.74) is 0.722. The van der Waals surface area contributed by atoms with Crippen LogP contribution in [0.3, 0.4) is 0 Å². The molecule has 0 aliphatic heterocycles. The Bertz CT molecular complexity index is 731. The molecule has 5 heteroatoms. The second kappa shape index (κ2) is 4.81. The van der Waals surface area contributed by atoms with E-state index in [0.29, 0.717) is 11.6 Å². The standard InChI is InChI=1S/C14H10N2O3/c17-14-15-13(16-19-14)10-5-4-8-12(9-10)18-11-6-2-1-3-7-11/h1-9H,(H,15,16,17). The van der Waals surface area contributed by atoms with Crippen LogP contribution in [0.4, 0.5) is 0 Å². The van der Waals surface area contributed by atoms with Gasteiger partial charge in [-0.15, -0.1) is 0 Å². The van der Waals surface area contributed by atoms with Gasteiger partial charge in [-0.05, 0) is 24.3 Å². The van der Waals surface area contributed by atoms with Crippen LogP contribution in [-0.2, 0) is 0 Å². The summed E-state index contributed by atoms with van der Waals surface area (Å²) in [6.07, 6.45) is 0. The fourth-order valence-corrected chi connectivity index (χ4v) is 1.69. The van der Waals surface area contributed by atoms with E-state index in [0.717, 1.165) is 11.3 Å². The van der Waals surface area contributed by atoms with E-state index in [9.17, 15) is 4.79 Å². The van der Waals surface area contributed by atoms with Gasteiger partial charge in [0.05, 0.1) is 0 Å². The van der Waals surface area contributed by atoms with Gasteiger partial charge in [-0.25, -0.2) is 4.79 Å². The monoisotopic (exact) mass is 254 g/mol. The summed E-state index contributed by atoms with van der Waals surface area (Å²) in [4.78, 5) is 13.4. The molecular formula is C14H10N2O3. The zero-order chi connectivity index (χ0) is 13.1. The molecule has 0 aliphatic carbocycles. The molecule has 0 aliphatic rings. The Hall–Kier alpha value is -2.82. The second-order valence-corrected chi connectivity index (χ2v) is 3.89. The van der Waals surface area contributed by atoms with Crippen LogP contribution in [0.2, 0.25) is 0 Å². The Morgan fingerprint density at radius 1 is 1.00 bits per heavy atom. The highest BCUT2D eigenvalue weighted by Crippen LogP contribution is 2.24. The highest BCUT2D eigenvalue weighted by Gasteiger charge is 2.05. The number of aromatic nitrogens is 2. The predicted octanol–water partition coefficient (Wildman–Crippen LogP) is 2.82. The molecular weight excluding hydrogens is 244 g/mol. The highest BCUT2D eigenvalue weighted by molar-refractivity contribution is 5.56. The van der Waals surface area contributed by atoms with Gasteiger partial charge in [0.1, 0.15) is 11.5 Å². The summed E-state index contributed by atoms with van der Waals surface area (Å²) in [5, 5.41) is 3.64. The molecule has 0 fully saturated rings. The van der Waals surface area contributed by atoms with E-state index < -0.39 is 5.76 Å². The largest absolute Gasteiger partial charge is 0.457 e. The molecule has 2 aromatic carbocycles. The number of rotatable bonds is 3. The third-order valence-corrected chi connectivity index (χ3v) is 2.53. The van der Waals surface area contributed by atoms with Gasteiger partial charge in [-0.1, -0.05) is 35.5 Å². The molecule has 5 nitrogen and oxygen atoms in total. The van der Waals surface area contributed by atoms with Crippen molar-refractivity contribution in [2.45, 2.75) is 0 Å². The van der Waals surface area contributed by atoms with Crippen LogP contribution in [-0.4, -0.2) is 10.1 Å². The van der Waals surface area contributed by atoms with Gasteiger partial charge in [0.15, 0.2) is 5.82 Å². The number of benzene rings is 2. The van der Waals surface area contributed by atoms with Crippen LogP contribution in [0.5, 0.6) is 11.5 Å². The zero-order valence-corrected chi connectivity index (χ0v) is 9.87. The van der Waals surface area contributed by atoms with Crippen molar-refractivity contribution in [1.82, 2.24) is 10.1 Å². The normalized spacial score (nSPS) is 10.3. The summed E-state index contributed by atoms with van der Waals surface area (Å²) in [6.45, 7) is 0. The minimum absolute atomic E-state index is 0.378. The molecule has 19 heavy (non-hydrogen) atoms. The first-order valence-corrected chi connectivity index (χ1v) is 5.70. The fraction of sp³-hybridized carbons (Fsp3) is 0. The predicted molar refractivity (Wildman–Crippen MR) is 69.1 cm³/mol. The van der Waals surface area contributed by atoms with Crippen molar-refractivity contribution < 1.29 is 9.26 Å². The smallest absolute Gasteiger partial charge is 0.439 e. The first kappa shape index (κ1) is 11.3. The SMILES string of the molecule is O=c1[nH]c(-c2cccc(Oc3ccccc3)c2)no1. The second-order valence-electron chi connectivity index (χ2n) is 3.89. The number of nitrogens with one attached hydrogen (secondary N) is 1. The first-order valence-electron chi connectivity index (χ1n) is 5.70. The van der Waals surface area contributed by atoms with Crippen LogP contribution in [0.25, 0.3) is 11.4 Å². The number of para-hydroxylation sites is 1. The lowest BCUT2D eigenvalue weighted by atomic mass is 10.2. The molecule has 0 unspecified atom stereocenters. The van der Waals surface area contributed by atoms with Crippen LogP contribution in [0.15, 0.2) is 63.9 Å². The van der Waals surface area contributed by atoms with Crippen molar-refractivity contribution in [2.24, 2.45) is 0 Å². The Labute approximate surface area is 108 Å². The van der Waals surface area contributed by atoms with E-state index in [4.69, 9.17) is 4.74 Å². The molecule has 0 amide bonds. The van der Waals surface area contributed by atoms with Gasteiger partial charge >= 0.3 is 5.76 Å². The van der Waals surface area contributed by atoms with Gasteiger partial charge in [0.25, 0.3) is 0 Å². The zero-order valence-electron chi connectivity index (χ0n) is 9.87. The molecule has 0 atom stereocenters. The van der Waals surface area contributed by atoms with Crippen molar-refractivity contribution >= 4 is 0 Å². The molecule has 1 aromatic heterocycles. The van der Waals surface area contributed by atoms with E-state index in [2.05, 4.69) is 14.7 Å². The number of ether oxygens (including phenoxy) is 1. The number of hydrogen-bond acceptors (Lipinski definition) is 4. The molecule has 3 rings (SSSR count). The summed E-state index contributed by atoms with van der Waals surface area (Å²) in [6, 6.07) is 16.7. The summed E-state index contributed by atoms with van der Waals surface area (Å²) >= 11 is 0. The Morgan fingerprint density at radius 2 is 1.79 bits per heavy atom. The van der Waals surface area contributed by atoms with Crippen molar-refractivity contribution in [3.05, 3.63) is 65.1 Å². The number of H-pyrrole nitrogens is 1. The number of aromatic amines is 1. The minimum Gasteiger partial charge on any atom is -0.457 e. The Balaban J connectivity index is 1.90. The number of nitrogens with zero attached hydrogens (tertiary/aromatic N) is 1. The molecule has 0 saturated carbocycles. The van der Waals surface area contributed by atoms with E-state index in [-0.39, 0.29) is 0 Å². The maximum atomic E-state index is 10.9. The third-order valence-electron chi connectivity index (χ3n) is 2.53. The van der Waals surface area contributed by atoms with Crippen molar-refractivity contribution in [1.29, 1.82) is 0 Å². The topological polar surface area (TPSA) is 68.1 Å². The average molecular weight is 254 g/mol. The van der Waals surface area contributed by atoms with Crippen molar-refractivity contribution in [3.8, 4) is 22.9 Å². The van der Waals surface area contributed by atoms with Crippen molar-refractivity contribution in [3.63, 3.8) is 0 Å². The van der Waals surface area contributed by atoms with Gasteiger partial charge in [0, 0.05) is 5.56 Å². The van der Waals surface area contributed by atoms with E-state index in [1.807, 2.05) is 48.5 Å². The van der Waals surface area contributed by atoms with Gasteiger partial charge in [0.2, 0.25) is 0 Å². The number of hydrogen-bond donors (Lipinski definition) is 1. The van der Waals surface area contributed by atoms with E-state index in [1.54, 1.807) is 6.07 Å². The van der Waals surface area contributed by atoms with Crippen LogP contribution >= 0.6 is 0 Å². The maximum Gasteiger partial charge on any atom is 0.439 e. The molecule has 94 valence electrons. The van der Waals surface area contributed by atoms with Crippen LogP contribution in [0.1, 0.15) is 0 Å². The summed E-state index contributed by atoms with van der Waals surface area (Å²) in [7, 11) is 0. The van der Waals surface area contributed by atoms with Gasteiger partial charge < -0.3 is 4.74 Å². The highest BCUT2D eigenvalue weighted by atomic mass is 16.5. The molecule has 0 spiro atoms. The molecule has 0 radical (unpaired) electrons. The lowest BCUT2D eigenvalue weighted by Crippen LogP contribution is -1.94. The third kappa shape index (κ3) is 2.55. The molecule has 3 aromatic rings. The lowest BCUT2D eigenvalue weighted by Gasteiger charge is -2.05. The molecule has 1 N–H and O–H groups in total. The van der Waals surface area contributed by atoms with Gasteiger partial charge in [-0.3, -0.25) is 9.51 Å². The Kier molecular flexibility index (Phi) is 2.86. The lowest BCUT2D eigenvalue weighted by molar-refractivity contribution is 0.388. The molecule has 0 bridgehead atoms. The van der Waals surface area contributed by atoms with Crippen LogP contribution in [0, 0.1) is 0 Å². The van der Waals surface area contributed by atoms with Crippen molar-refractivity contribution in [2.75, 3.05) is 0 Å². The Morgan fingerprint density at radius 3 is 2.53 bits per heavy atom. The quantitative estimate of drug-likeness (QED) is 0.780. The molecule has 1 heterocycles.